The highest BCUT2D eigenvalue weighted by atomic mass is 15.3. The van der Waals surface area contributed by atoms with Gasteiger partial charge in [-0.15, -0.1) is 0 Å². The number of rotatable bonds is 6. The Hall–Kier alpha value is -3.08. The maximum Gasteiger partial charge on any atom is 0.193 e. The van der Waals surface area contributed by atoms with Gasteiger partial charge in [-0.1, -0.05) is 43.3 Å². The molecule has 0 spiro atoms. The van der Waals surface area contributed by atoms with Crippen LogP contribution in [-0.4, -0.2) is 15.7 Å². The Balaban J connectivity index is 1.62. The summed E-state index contributed by atoms with van der Waals surface area (Å²) in [6, 6.07) is 18.5. The molecule has 128 valence electrons. The lowest BCUT2D eigenvalue weighted by atomic mass is 10.1. The second kappa shape index (κ2) is 8.15. The monoisotopic (exact) mass is 333 g/mol. The zero-order chi connectivity index (χ0) is 17.5. The van der Waals surface area contributed by atoms with E-state index in [9.17, 15) is 0 Å². The van der Waals surface area contributed by atoms with Crippen molar-refractivity contribution >= 4 is 11.6 Å². The molecule has 5 nitrogen and oxygen atoms in total. The van der Waals surface area contributed by atoms with E-state index in [1.165, 1.54) is 11.1 Å². The molecule has 0 saturated heterocycles. The van der Waals surface area contributed by atoms with E-state index in [0.717, 1.165) is 24.2 Å². The highest BCUT2D eigenvalue weighted by Crippen LogP contribution is 2.11. The zero-order valence-corrected chi connectivity index (χ0v) is 14.4. The van der Waals surface area contributed by atoms with Crippen LogP contribution < -0.4 is 11.1 Å². The van der Waals surface area contributed by atoms with Gasteiger partial charge < -0.3 is 11.1 Å². The molecular weight excluding hydrogens is 310 g/mol. The van der Waals surface area contributed by atoms with E-state index in [-0.39, 0.29) is 0 Å². The van der Waals surface area contributed by atoms with Crippen LogP contribution >= 0.6 is 0 Å². The molecule has 2 aromatic carbocycles. The van der Waals surface area contributed by atoms with E-state index >= 15 is 0 Å². The van der Waals surface area contributed by atoms with Gasteiger partial charge in [0, 0.05) is 18.1 Å². The second-order valence-corrected chi connectivity index (χ2v) is 5.90. The van der Waals surface area contributed by atoms with Gasteiger partial charge in [-0.25, -0.2) is 4.99 Å². The minimum absolute atomic E-state index is 0.422. The minimum Gasteiger partial charge on any atom is -0.370 e. The molecule has 0 aliphatic carbocycles. The van der Waals surface area contributed by atoms with E-state index in [1.807, 2.05) is 35.1 Å². The third kappa shape index (κ3) is 4.94. The van der Waals surface area contributed by atoms with Crippen molar-refractivity contribution in [1.29, 1.82) is 0 Å². The second-order valence-electron chi connectivity index (χ2n) is 5.90. The third-order valence-corrected chi connectivity index (χ3v) is 3.93. The first-order chi connectivity index (χ1) is 12.2. The predicted molar refractivity (Wildman–Crippen MR) is 103 cm³/mol. The average Bonchev–Trinajstić information content (AvgIpc) is 3.13. The quantitative estimate of drug-likeness (QED) is 0.536. The van der Waals surface area contributed by atoms with Gasteiger partial charge in [0.1, 0.15) is 0 Å². The molecule has 0 unspecified atom stereocenters. The zero-order valence-electron chi connectivity index (χ0n) is 14.4. The van der Waals surface area contributed by atoms with Gasteiger partial charge in [0.15, 0.2) is 5.96 Å². The fraction of sp³-hybridized carbons (Fsp3) is 0.200. The summed E-state index contributed by atoms with van der Waals surface area (Å²) in [4.78, 5) is 4.44. The maximum absolute atomic E-state index is 6.02. The number of aromatic nitrogens is 2. The van der Waals surface area contributed by atoms with Gasteiger partial charge in [-0.3, -0.25) is 4.68 Å². The number of hydrogen-bond acceptors (Lipinski definition) is 2. The predicted octanol–water partition coefficient (Wildman–Crippen LogP) is 3.42. The summed E-state index contributed by atoms with van der Waals surface area (Å²) in [5, 5.41) is 7.39. The molecule has 3 aromatic rings. The van der Waals surface area contributed by atoms with Crippen LogP contribution in [-0.2, 0) is 19.5 Å². The van der Waals surface area contributed by atoms with Crippen molar-refractivity contribution in [2.45, 2.75) is 26.4 Å². The lowest BCUT2D eigenvalue weighted by Crippen LogP contribution is -2.22. The Morgan fingerprint density at radius 2 is 1.88 bits per heavy atom. The lowest BCUT2D eigenvalue weighted by molar-refractivity contribution is 0.686. The van der Waals surface area contributed by atoms with Crippen LogP contribution in [0.1, 0.15) is 23.6 Å². The van der Waals surface area contributed by atoms with Gasteiger partial charge in [-0.05, 0) is 41.3 Å². The Kier molecular flexibility index (Phi) is 5.46. The van der Waals surface area contributed by atoms with Crippen molar-refractivity contribution in [2.75, 3.05) is 5.32 Å². The van der Waals surface area contributed by atoms with Gasteiger partial charge in [0.2, 0.25) is 0 Å². The summed E-state index contributed by atoms with van der Waals surface area (Å²) in [7, 11) is 0. The Labute approximate surface area is 148 Å². The molecule has 3 N–H and O–H groups in total. The standard InChI is InChI=1S/C20H23N5/c1-2-16-6-4-9-19(13-16)24-20(21)22-14-17-7-3-8-18(12-17)15-25-11-5-10-23-25/h3-13H,2,14-15H2,1H3,(H3,21,22,24). The molecular formula is C20H23N5. The first kappa shape index (κ1) is 16.8. The summed E-state index contributed by atoms with van der Waals surface area (Å²) >= 11 is 0. The van der Waals surface area contributed by atoms with Crippen molar-refractivity contribution < 1.29 is 0 Å². The molecule has 3 rings (SSSR count). The number of guanidine groups is 1. The molecule has 1 heterocycles. The molecule has 0 fully saturated rings. The molecule has 0 bridgehead atoms. The SMILES string of the molecule is CCc1cccc(NC(N)=NCc2cccc(Cn3cccn3)c2)c1. The van der Waals surface area contributed by atoms with Crippen LogP contribution in [0.5, 0.6) is 0 Å². The molecule has 1 aromatic heterocycles. The molecule has 0 amide bonds. The van der Waals surface area contributed by atoms with E-state index in [1.54, 1.807) is 6.20 Å². The highest BCUT2D eigenvalue weighted by molar-refractivity contribution is 5.92. The van der Waals surface area contributed by atoms with Crippen LogP contribution in [0.3, 0.4) is 0 Å². The van der Waals surface area contributed by atoms with Crippen molar-refractivity contribution in [3.63, 3.8) is 0 Å². The molecule has 0 aliphatic rings. The third-order valence-electron chi connectivity index (χ3n) is 3.93. The normalized spacial score (nSPS) is 11.5. The van der Waals surface area contributed by atoms with E-state index in [4.69, 9.17) is 5.73 Å². The number of nitrogens with two attached hydrogens (primary N) is 1. The summed E-state index contributed by atoms with van der Waals surface area (Å²) in [5.74, 6) is 0.422. The van der Waals surface area contributed by atoms with Crippen LogP contribution in [0.4, 0.5) is 5.69 Å². The summed E-state index contributed by atoms with van der Waals surface area (Å²) < 4.78 is 1.90. The maximum atomic E-state index is 6.02. The Morgan fingerprint density at radius 3 is 2.68 bits per heavy atom. The van der Waals surface area contributed by atoms with Crippen molar-refractivity contribution in [2.24, 2.45) is 10.7 Å². The van der Waals surface area contributed by atoms with Gasteiger partial charge in [0.05, 0.1) is 13.1 Å². The van der Waals surface area contributed by atoms with E-state index in [0.29, 0.717) is 12.5 Å². The number of anilines is 1. The average molecular weight is 333 g/mol. The fourth-order valence-corrected chi connectivity index (χ4v) is 2.64. The molecule has 25 heavy (non-hydrogen) atoms. The summed E-state index contributed by atoms with van der Waals surface area (Å²) in [6.45, 7) is 3.42. The van der Waals surface area contributed by atoms with Gasteiger partial charge in [0.25, 0.3) is 0 Å². The number of aryl methyl sites for hydroxylation is 1. The van der Waals surface area contributed by atoms with E-state index < -0.39 is 0 Å². The van der Waals surface area contributed by atoms with Crippen molar-refractivity contribution in [3.8, 4) is 0 Å². The van der Waals surface area contributed by atoms with Crippen LogP contribution in [0.25, 0.3) is 0 Å². The van der Waals surface area contributed by atoms with Crippen molar-refractivity contribution in [3.05, 3.63) is 83.7 Å². The number of hydrogen-bond donors (Lipinski definition) is 2. The Bertz CT molecular complexity index is 837. The molecule has 0 atom stereocenters. The Morgan fingerprint density at radius 1 is 1.08 bits per heavy atom. The highest BCUT2D eigenvalue weighted by Gasteiger charge is 2.00. The van der Waals surface area contributed by atoms with Crippen molar-refractivity contribution in [1.82, 2.24) is 9.78 Å². The van der Waals surface area contributed by atoms with Gasteiger partial charge >= 0.3 is 0 Å². The van der Waals surface area contributed by atoms with Crippen LogP contribution in [0.15, 0.2) is 72.0 Å². The molecule has 0 radical (unpaired) electrons. The van der Waals surface area contributed by atoms with Crippen LogP contribution in [0, 0.1) is 0 Å². The smallest absolute Gasteiger partial charge is 0.193 e. The largest absolute Gasteiger partial charge is 0.370 e. The number of benzene rings is 2. The fourth-order valence-electron chi connectivity index (χ4n) is 2.64. The summed E-state index contributed by atoms with van der Waals surface area (Å²) in [5.41, 5.74) is 10.6. The number of aliphatic imine (C=N–C) groups is 1. The first-order valence-electron chi connectivity index (χ1n) is 8.44. The lowest BCUT2D eigenvalue weighted by Gasteiger charge is -2.08. The topological polar surface area (TPSA) is 68.2 Å². The number of nitrogens with one attached hydrogen (secondary N) is 1. The summed E-state index contributed by atoms with van der Waals surface area (Å²) in [6.07, 6.45) is 4.74. The molecule has 5 heteroatoms. The first-order valence-corrected chi connectivity index (χ1v) is 8.44. The van der Waals surface area contributed by atoms with Gasteiger partial charge in [-0.2, -0.15) is 5.10 Å². The molecule has 0 saturated carbocycles. The minimum atomic E-state index is 0.422. The van der Waals surface area contributed by atoms with E-state index in [2.05, 4.69) is 52.7 Å². The number of nitrogens with zero attached hydrogens (tertiary/aromatic N) is 3. The van der Waals surface area contributed by atoms with Crippen LogP contribution in [0.2, 0.25) is 0 Å². The molecule has 0 aliphatic heterocycles.